The van der Waals surface area contributed by atoms with Crippen LogP contribution in [0.25, 0.3) is 0 Å². The van der Waals surface area contributed by atoms with Crippen molar-refractivity contribution < 1.29 is 4.74 Å². The number of nitriles is 1. The Morgan fingerprint density at radius 1 is 1.38 bits per heavy atom. The molecule has 0 unspecified atom stereocenters. The number of ether oxygens (including phenoxy) is 1. The zero-order chi connectivity index (χ0) is 11.4. The first-order valence-corrected chi connectivity index (χ1v) is 5.83. The van der Waals surface area contributed by atoms with Gasteiger partial charge in [-0.25, -0.2) is 4.98 Å². The van der Waals surface area contributed by atoms with Gasteiger partial charge in [0.05, 0.1) is 12.3 Å². The Hall–Kier alpha value is -1.56. The van der Waals surface area contributed by atoms with Gasteiger partial charge in [0.15, 0.2) is 0 Å². The van der Waals surface area contributed by atoms with E-state index in [0.29, 0.717) is 11.8 Å². The summed E-state index contributed by atoms with van der Waals surface area (Å²) in [6.45, 7) is 1.89. The zero-order valence-corrected chi connectivity index (χ0v) is 9.57. The fourth-order valence-electron chi connectivity index (χ4n) is 2.11. The minimum atomic E-state index is 0.336. The first-order chi connectivity index (χ1) is 7.79. The van der Waals surface area contributed by atoms with Crippen molar-refractivity contribution in [1.29, 1.82) is 5.26 Å². The summed E-state index contributed by atoms with van der Waals surface area (Å²) in [5, 5.41) is 8.78. The second-order valence-electron chi connectivity index (χ2n) is 4.33. The van der Waals surface area contributed by atoms with Crippen LogP contribution in [0.1, 0.15) is 43.4 Å². The highest BCUT2D eigenvalue weighted by Crippen LogP contribution is 2.23. The minimum absolute atomic E-state index is 0.336. The summed E-state index contributed by atoms with van der Waals surface area (Å²) in [6.07, 6.45) is 8.10. The van der Waals surface area contributed by atoms with E-state index < -0.39 is 0 Å². The van der Waals surface area contributed by atoms with Gasteiger partial charge in [-0.15, -0.1) is 0 Å². The summed E-state index contributed by atoms with van der Waals surface area (Å²) < 4.78 is 5.86. The number of nitrogens with zero attached hydrogens (tertiary/aromatic N) is 2. The molecule has 1 aliphatic carbocycles. The van der Waals surface area contributed by atoms with E-state index in [0.717, 1.165) is 24.2 Å². The van der Waals surface area contributed by atoms with Crippen LogP contribution in [-0.2, 0) is 0 Å². The topological polar surface area (TPSA) is 45.9 Å². The molecule has 0 aliphatic heterocycles. The lowest BCUT2D eigenvalue weighted by Crippen LogP contribution is -2.19. The summed E-state index contributed by atoms with van der Waals surface area (Å²) in [4.78, 5) is 4.08. The van der Waals surface area contributed by atoms with Gasteiger partial charge in [-0.05, 0) is 44.2 Å². The van der Waals surface area contributed by atoms with E-state index in [1.807, 2.05) is 13.0 Å². The Kier molecular flexibility index (Phi) is 3.40. The van der Waals surface area contributed by atoms with Gasteiger partial charge >= 0.3 is 0 Å². The molecule has 0 saturated heterocycles. The lowest BCUT2D eigenvalue weighted by atomic mass is 9.98. The van der Waals surface area contributed by atoms with Crippen molar-refractivity contribution in [2.45, 2.75) is 45.1 Å². The van der Waals surface area contributed by atoms with Crippen LogP contribution in [0.4, 0.5) is 0 Å². The van der Waals surface area contributed by atoms with E-state index in [1.54, 1.807) is 6.20 Å². The van der Waals surface area contributed by atoms with E-state index in [9.17, 15) is 0 Å². The largest absolute Gasteiger partial charge is 0.489 e. The van der Waals surface area contributed by atoms with Crippen molar-refractivity contribution in [1.82, 2.24) is 4.98 Å². The number of hydrogen-bond donors (Lipinski definition) is 0. The zero-order valence-electron chi connectivity index (χ0n) is 9.57. The second-order valence-corrected chi connectivity index (χ2v) is 4.33. The summed E-state index contributed by atoms with van der Waals surface area (Å²) in [6, 6.07) is 3.96. The molecule has 2 rings (SSSR count). The van der Waals surface area contributed by atoms with Crippen LogP contribution >= 0.6 is 0 Å². The molecule has 84 valence electrons. The molecule has 16 heavy (non-hydrogen) atoms. The van der Waals surface area contributed by atoms with Gasteiger partial charge in [-0.2, -0.15) is 5.26 Å². The molecule has 0 N–H and O–H groups in total. The monoisotopic (exact) mass is 216 g/mol. The molecule has 1 heterocycles. The van der Waals surface area contributed by atoms with E-state index in [2.05, 4.69) is 11.1 Å². The standard InChI is InChI=1S/C13H16N2O/c1-10-7-12(9-15-13(10)8-14)16-11-5-3-2-4-6-11/h7,9,11H,2-6H2,1H3. The number of aryl methyl sites for hydroxylation is 1. The highest BCUT2D eigenvalue weighted by Gasteiger charge is 2.15. The summed E-state index contributed by atoms with van der Waals surface area (Å²) in [5.41, 5.74) is 1.37. The molecule has 1 aromatic rings. The van der Waals surface area contributed by atoms with Crippen molar-refractivity contribution in [3.05, 3.63) is 23.5 Å². The number of hydrogen-bond acceptors (Lipinski definition) is 3. The second kappa shape index (κ2) is 4.98. The third kappa shape index (κ3) is 2.52. The third-order valence-electron chi connectivity index (χ3n) is 3.01. The molecule has 1 saturated carbocycles. The molecular formula is C13H16N2O. The summed E-state index contributed by atoms with van der Waals surface area (Å²) >= 11 is 0. The van der Waals surface area contributed by atoms with Gasteiger partial charge < -0.3 is 4.74 Å². The fourth-order valence-corrected chi connectivity index (χ4v) is 2.11. The van der Waals surface area contributed by atoms with E-state index >= 15 is 0 Å². The molecule has 0 atom stereocenters. The maximum Gasteiger partial charge on any atom is 0.143 e. The summed E-state index contributed by atoms with van der Waals surface area (Å²) in [5.74, 6) is 0.795. The van der Waals surface area contributed by atoms with E-state index in [1.165, 1.54) is 19.3 Å². The maximum absolute atomic E-state index is 8.78. The van der Waals surface area contributed by atoms with Gasteiger partial charge in [0, 0.05) is 0 Å². The van der Waals surface area contributed by atoms with Crippen molar-refractivity contribution in [2.24, 2.45) is 0 Å². The van der Waals surface area contributed by atoms with Gasteiger partial charge in [-0.1, -0.05) is 6.42 Å². The lowest BCUT2D eigenvalue weighted by Gasteiger charge is -2.22. The highest BCUT2D eigenvalue weighted by molar-refractivity contribution is 5.35. The lowest BCUT2D eigenvalue weighted by molar-refractivity contribution is 0.154. The molecule has 3 heteroatoms. The number of pyridine rings is 1. The molecule has 3 nitrogen and oxygen atoms in total. The van der Waals surface area contributed by atoms with E-state index in [-0.39, 0.29) is 0 Å². The van der Waals surface area contributed by atoms with Gasteiger partial charge in [0.25, 0.3) is 0 Å². The Bertz CT molecular complexity index is 403. The molecule has 0 aromatic carbocycles. The highest BCUT2D eigenvalue weighted by atomic mass is 16.5. The van der Waals surface area contributed by atoms with Crippen LogP contribution < -0.4 is 4.74 Å². The van der Waals surface area contributed by atoms with Crippen LogP contribution in [0.5, 0.6) is 5.75 Å². The van der Waals surface area contributed by atoms with Crippen LogP contribution in [0.15, 0.2) is 12.3 Å². The van der Waals surface area contributed by atoms with E-state index in [4.69, 9.17) is 10.00 Å². The molecule has 0 spiro atoms. The molecule has 1 fully saturated rings. The predicted octanol–water partition coefficient (Wildman–Crippen LogP) is 2.97. The molecule has 0 bridgehead atoms. The SMILES string of the molecule is Cc1cc(OC2CCCCC2)cnc1C#N. The van der Waals surface area contributed by atoms with Crippen LogP contribution in [0.2, 0.25) is 0 Å². The van der Waals surface area contributed by atoms with Crippen molar-refractivity contribution in [3.63, 3.8) is 0 Å². The van der Waals surface area contributed by atoms with Crippen LogP contribution in [0, 0.1) is 18.3 Å². The summed E-state index contributed by atoms with van der Waals surface area (Å²) in [7, 11) is 0. The first-order valence-electron chi connectivity index (χ1n) is 5.83. The third-order valence-corrected chi connectivity index (χ3v) is 3.01. The quantitative estimate of drug-likeness (QED) is 0.763. The van der Waals surface area contributed by atoms with Crippen molar-refractivity contribution in [2.75, 3.05) is 0 Å². The Morgan fingerprint density at radius 2 is 2.12 bits per heavy atom. The van der Waals surface area contributed by atoms with Gasteiger partial charge in [-0.3, -0.25) is 0 Å². The molecule has 0 amide bonds. The maximum atomic E-state index is 8.78. The molecule has 1 aromatic heterocycles. The average molecular weight is 216 g/mol. The molecule has 1 aliphatic rings. The Morgan fingerprint density at radius 3 is 2.75 bits per heavy atom. The van der Waals surface area contributed by atoms with Gasteiger partial charge in [0.2, 0.25) is 0 Å². The Labute approximate surface area is 96.1 Å². The number of rotatable bonds is 2. The average Bonchev–Trinajstić information content (AvgIpc) is 2.31. The molecular weight excluding hydrogens is 200 g/mol. The van der Waals surface area contributed by atoms with Gasteiger partial charge in [0.1, 0.15) is 17.5 Å². The van der Waals surface area contributed by atoms with Crippen molar-refractivity contribution in [3.8, 4) is 11.8 Å². The number of aromatic nitrogens is 1. The normalized spacial score (nSPS) is 16.8. The van der Waals surface area contributed by atoms with Crippen LogP contribution in [0.3, 0.4) is 0 Å². The predicted molar refractivity (Wildman–Crippen MR) is 61.2 cm³/mol. The minimum Gasteiger partial charge on any atom is -0.489 e. The molecule has 0 radical (unpaired) electrons. The van der Waals surface area contributed by atoms with Crippen molar-refractivity contribution >= 4 is 0 Å². The fraction of sp³-hybridized carbons (Fsp3) is 0.538. The first kappa shape index (κ1) is 10.9. The Balaban J connectivity index is 2.04. The van der Waals surface area contributed by atoms with Crippen LogP contribution in [-0.4, -0.2) is 11.1 Å². The smallest absolute Gasteiger partial charge is 0.143 e.